The number of hydrogen-bond donors (Lipinski definition) is 1. The molecule has 1 N–H and O–H groups in total. The summed E-state index contributed by atoms with van der Waals surface area (Å²) >= 11 is 0. The topological polar surface area (TPSA) is 15.3 Å². The summed E-state index contributed by atoms with van der Waals surface area (Å²) in [7, 11) is 0. The molecule has 1 saturated heterocycles. The maximum atomic E-state index is 3.75. The van der Waals surface area contributed by atoms with E-state index in [1.165, 1.54) is 5.56 Å². The predicted molar refractivity (Wildman–Crippen MR) is 86.8 cm³/mol. The molecule has 110 valence electrons. The normalized spacial score (nSPS) is 28.4. The van der Waals surface area contributed by atoms with E-state index in [0.29, 0.717) is 12.0 Å². The third-order valence-electron chi connectivity index (χ3n) is 4.59. The zero-order valence-corrected chi connectivity index (χ0v) is 13.3. The molecule has 0 radical (unpaired) electrons. The highest BCUT2D eigenvalue weighted by Gasteiger charge is 2.39. The van der Waals surface area contributed by atoms with Crippen LogP contribution in [-0.2, 0) is 5.54 Å². The molecule has 1 aliphatic heterocycles. The first-order valence-corrected chi connectivity index (χ1v) is 7.73. The Bertz CT molecular complexity index is 438. The van der Waals surface area contributed by atoms with E-state index >= 15 is 0 Å². The highest BCUT2D eigenvalue weighted by atomic mass is 15.3. The van der Waals surface area contributed by atoms with Crippen molar-refractivity contribution in [2.45, 2.75) is 39.3 Å². The number of nitrogens with one attached hydrogen (secondary N) is 1. The molecule has 20 heavy (non-hydrogen) atoms. The summed E-state index contributed by atoms with van der Waals surface area (Å²) in [5, 5.41) is 3.75. The first-order valence-electron chi connectivity index (χ1n) is 7.73. The summed E-state index contributed by atoms with van der Waals surface area (Å²) in [6, 6.07) is 11.5. The van der Waals surface area contributed by atoms with Gasteiger partial charge in [0.15, 0.2) is 0 Å². The van der Waals surface area contributed by atoms with Crippen LogP contribution in [0.15, 0.2) is 42.5 Å². The van der Waals surface area contributed by atoms with E-state index in [2.05, 4.69) is 80.4 Å². The Morgan fingerprint density at radius 2 is 2.05 bits per heavy atom. The van der Waals surface area contributed by atoms with Crippen LogP contribution in [-0.4, -0.2) is 30.6 Å². The van der Waals surface area contributed by atoms with Crippen molar-refractivity contribution < 1.29 is 0 Å². The van der Waals surface area contributed by atoms with Gasteiger partial charge in [-0.1, -0.05) is 56.3 Å². The third kappa shape index (κ3) is 3.13. The Balaban J connectivity index is 2.25. The molecule has 1 aromatic carbocycles. The van der Waals surface area contributed by atoms with Crippen LogP contribution in [0.4, 0.5) is 0 Å². The van der Waals surface area contributed by atoms with Crippen molar-refractivity contribution in [2.24, 2.45) is 5.92 Å². The second kappa shape index (κ2) is 6.55. The van der Waals surface area contributed by atoms with Crippen LogP contribution >= 0.6 is 0 Å². The number of nitrogens with zero attached hydrogens (tertiary/aromatic N) is 1. The summed E-state index contributed by atoms with van der Waals surface area (Å²) in [5.74, 6) is 0.670. The number of rotatable bonds is 4. The zero-order chi connectivity index (χ0) is 14.6. The monoisotopic (exact) mass is 272 g/mol. The Kier molecular flexibility index (Phi) is 5.00. The van der Waals surface area contributed by atoms with Crippen molar-refractivity contribution in [3.8, 4) is 0 Å². The Labute approximate surface area is 123 Å². The van der Waals surface area contributed by atoms with Crippen LogP contribution in [0.3, 0.4) is 0 Å². The fraction of sp³-hybridized carbons (Fsp3) is 0.556. The van der Waals surface area contributed by atoms with Crippen LogP contribution in [0.1, 0.15) is 33.3 Å². The van der Waals surface area contributed by atoms with Crippen molar-refractivity contribution in [3.05, 3.63) is 48.0 Å². The second-order valence-electron chi connectivity index (χ2n) is 6.35. The molecule has 0 spiro atoms. The lowest BCUT2D eigenvalue weighted by Crippen LogP contribution is -2.62. The number of allylic oxidation sites excluding steroid dienone is 1. The molecule has 0 saturated carbocycles. The molecule has 1 fully saturated rings. The predicted octanol–water partition coefficient (Wildman–Crippen LogP) is 3.41. The smallest absolute Gasteiger partial charge is 0.0561 e. The fourth-order valence-corrected chi connectivity index (χ4v) is 2.98. The summed E-state index contributed by atoms with van der Waals surface area (Å²) < 4.78 is 0. The Morgan fingerprint density at radius 3 is 2.65 bits per heavy atom. The quantitative estimate of drug-likeness (QED) is 0.845. The molecule has 1 aliphatic rings. The molecule has 0 bridgehead atoms. The molecule has 2 atom stereocenters. The Hall–Kier alpha value is -1.12. The largest absolute Gasteiger partial charge is 0.310 e. The minimum absolute atomic E-state index is 0.0756. The van der Waals surface area contributed by atoms with Crippen LogP contribution < -0.4 is 5.32 Å². The number of benzene rings is 1. The zero-order valence-electron chi connectivity index (χ0n) is 13.3. The maximum absolute atomic E-state index is 3.75. The van der Waals surface area contributed by atoms with Gasteiger partial charge in [0, 0.05) is 25.7 Å². The molecule has 1 aromatic rings. The van der Waals surface area contributed by atoms with E-state index in [4.69, 9.17) is 0 Å². The first-order chi connectivity index (χ1) is 9.58. The van der Waals surface area contributed by atoms with Crippen molar-refractivity contribution in [3.63, 3.8) is 0 Å². The van der Waals surface area contributed by atoms with Gasteiger partial charge in [-0.2, -0.15) is 0 Å². The molecular weight excluding hydrogens is 244 g/mol. The van der Waals surface area contributed by atoms with Crippen molar-refractivity contribution in [1.29, 1.82) is 0 Å². The van der Waals surface area contributed by atoms with Gasteiger partial charge in [-0.05, 0) is 25.3 Å². The van der Waals surface area contributed by atoms with Gasteiger partial charge in [-0.15, -0.1) is 0 Å². The highest BCUT2D eigenvalue weighted by molar-refractivity contribution is 5.26. The van der Waals surface area contributed by atoms with Crippen LogP contribution in [0.5, 0.6) is 0 Å². The highest BCUT2D eigenvalue weighted by Crippen LogP contribution is 2.31. The van der Waals surface area contributed by atoms with Gasteiger partial charge in [0.2, 0.25) is 0 Å². The van der Waals surface area contributed by atoms with E-state index in [-0.39, 0.29) is 5.54 Å². The molecule has 0 aliphatic carbocycles. The van der Waals surface area contributed by atoms with E-state index < -0.39 is 0 Å². The summed E-state index contributed by atoms with van der Waals surface area (Å²) in [6.45, 7) is 12.2. The van der Waals surface area contributed by atoms with E-state index in [1.54, 1.807) is 0 Å². The summed E-state index contributed by atoms with van der Waals surface area (Å²) in [5.41, 5.74) is 1.48. The maximum Gasteiger partial charge on any atom is 0.0561 e. The molecular formula is C18H28N2. The third-order valence-corrected chi connectivity index (χ3v) is 4.59. The van der Waals surface area contributed by atoms with Crippen molar-refractivity contribution >= 4 is 0 Å². The molecule has 2 unspecified atom stereocenters. The van der Waals surface area contributed by atoms with Gasteiger partial charge in [0.05, 0.1) is 5.54 Å². The Morgan fingerprint density at radius 1 is 1.35 bits per heavy atom. The lowest BCUT2D eigenvalue weighted by molar-refractivity contribution is 0.0500. The van der Waals surface area contributed by atoms with E-state index in [0.717, 1.165) is 19.6 Å². The van der Waals surface area contributed by atoms with Crippen molar-refractivity contribution in [1.82, 2.24) is 10.2 Å². The minimum Gasteiger partial charge on any atom is -0.310 e. The van der Waals surface area contributed by atoms with E-state index in [9.17, 15) is 0 Å². The lowest BCUT2D eigenvalue weighted by atomic mass is 9.85. The molecule has 2 rings (SSSR count). The average molecular weight is 272 g/mol. The standard InChI is InChI=1S/C18H28N2/c1-5-6-12-20-13-17(15(2)3)19-14-18(20,4)16-10-8-7-9-11-16/h5-11,15,17,19H,12-14H2,1-4H3/b6-5+. The molecule has 2 heteroatoms. The summed E-state index contributed by atoms with van der Waals surface area (Å²) in [6.07, 6.45) is 4.42. The fourth-order valence-electron chi connectivity index (χ4n) is 2.98. The molecule has 1 heterocycles. The van der Waals surface area contributed by atoms with Gasteiger partial charge in [0.1, 0.15) is 0 Å². The van der Waals surface area contributed by atoms with Crippen LogP contribution in [0.2, 0.25) is 0 Å². The van der Waals surface area contributed by atoms with Crippen LogP contribution in [0, 0.1) is 5.92 Å². The van der Waals surface area contributed by atoms with Gasteiger partial charge in [0.25, 0.3) is 0 Å². The van der Waals surface area contributed by atoms with Gasteiger partial charge in [-0.25, -0.2) is 0 Å². The van der Waals surface area contributed by atoms with Crippen molar-refractivity contribution in [2.75, 3.05) is 19.6 Å². The molecule has 0 aromatic heterocycles. The minimum atomic E-state index is 0.0756. The first kappa shape index (κ1) is 15.3. The average Bonchev–Trinajstić information content (AvgIpc) is 2.47. The lowest BCUT2D eigenvalue weighted by Gasteiger charge is -2.49. The number of hydrogen-bond acceptors (Lipinski definition) is 2. The van der Waals surface area contributed by atoms with Gasteiger partial charge >= 0.3 is 0 Å². The van der Waals surface area contributed by atoms with Gasteiger partial charge < -0.3 is 5.32 Å². The summed E-state index contributed by atoms with van der Waals surface area (Å²) in [4.78, 5) is 2.61. The molecule has 0 amide bonds. The second-order valence-corrected chi connectivity index (χ2v) is 6.35. The molecule has 2 nitrogen and oxygen atoms in total. The van der Waals surface area contributed by atoms with Crippen LogP contribution in [0.25, 0.3) is 0 Å². The number of piperazine rings is 1. The van der Waals surface area contributed by atoms with Gasteiger partial charge in [-0.3, -0.25) is 4.90 Å². The van der Waals surface area contributed by atoms with E-state index in [1.807, 2.05) is 0 Å². The SMILES string of the molecule is C/C=C/CN1CC(C(C)C)NCC1(C)c1ccccc1.